The number of hydrogen-bond acceptors (Lipinski definition) is 5. The molecule has 25 heavy (non-hydrogen) atoms. The van der Waals surface area contributed by atoms with E-state index >= 15 is 0 Å². The summed E-state index contributed by atoms with van der Waals surface area (Å²) in [6, 6.07) is 7.94. The van der Waals surface area contributed by atoms with Crippen molar-refractivity contribution in [2.24, 2.45) is 5.10 Å². The third-order valence-corrected chi connectivity index (χ3v) is 3.78. The van der Waals surface area contributed by atoms with E-state index in [0.717, 1.165) is 12.1 Å². The Balaban J connectivity index is 2.08. The number of carbonyl (C=O) groups excluding carboxylic acids is 1. The fourth-order valence-electron chi connectivity index (χ4n) is 2.45. The summed E-state index contributed by atoms with van der Waals surface area (Å²) < 4.78 is 40.4. The first-order valence-electron chi connectivity index (χ1n) is 7.13. The number of rotatable bonds is 2. The Hall–Kier alpha value is -2.94. The van der Waals surface area contributed by atoms with Crippen LogP contribution in [0.1, 0.15) is 22.3 Å². The van der Waals surface area contributed by atoms with Crippen molar-refractivity contribution in [2.45, 2.75) is 18.3 Å². The summed E-state index contributed by atoms with van der Waals surface area (Å²) in [5, 5.41) is 23.6. The van der Waals surface area contributed by atoms with Gasteiger partial charge in [0.25, 0.3) is 11.6 Å². The van der Waals surface area contributed by atoms with Crippen LogP contribution in [0.2, 0.25) is 0 Å². The molecule has 6 nitrogen and oxygen atoms in total. The first-order valence-corrected chi connectivity index (χ1v) is 7.13. The maximum atomic E-state index is 13.5. The third-order valence-electron chi connectivity index (χ3n) is 3.78. The minimum Gasteiger partial charge on any atom is -0.507 e. The second-order valence-corrected chi connectivity index (χ2v) is 5.41. The predicted molar refractivity (Wildman–Crippen MR) is 80.7 cm³/mol. The van der Waals surface area contributed by atoms with Crippen molar-refractivity contribution in [3.05, 3.63) is 59.9 Å². The Morgan fingerprint density at radius 2 is 1.80 bits per heavy atom. The van der Waals surface area contributed by atoms with Crippen molar-refractivity contribution in [3.63, 3.8) is 0 Å². The zero-order valence-corrected chi connectivity index (χ0v) is 12.6. The first-order chi connectivity index (χ1) is 11.7. The van der Waals surface area contributed by atoms with Gasteiger partial charge in [0.2, 0.25) is 0 Å². The van der Waals surface area contributed by atoms with Gasteiger partial charge in [-0.25, -0.2) is 0 Å². The van der Waals surface area contributed by atoms with E-state index in [2.05, 4.69) is 10.1 Å². The summed E-state index contributed by atoms with van der Waals surface area (Å²) in [4.78, 5) is 16.3. The van der Waals surface area contributed by atoms with Crippen molar-refractivity contribution in [3.8, 4) is 5.75 Å². The van der Waals surface area contributed by atoms with Gasteiger partial charge in [-0.05, 0) is 24.3 Å². The van der Waals surface area contributed by atoms with Crippen LogP contribution >= 0.6 is 0 Å². The molecule has 2 heterocycles. The third kappa shape index (κ3) is 2.82. The van der Waals surface area contributed by atoms with Gasteiger partial charge in [0.15, 0.2) is 0 Å². The summed E-state index contributed by atoms with van der Waals surface area (Å²) >= 11 is 0. The molecule has 3 rings (SSSR count). The number of pyridine rings is 1. The van der Waals surface area contributed by atoms with Crippen molar-refractivity contribution < 1.29 is 28.2 Å². The number of benzene rings is 1. The highest BCUT2D eigenvalue weighted by Crippen LogP contribution is 2.42. The first kappa shape index (κ1) is 16.9. The molecule has 0 unspecified atom stereocenters. The number of nitrogens with zero attached hydrogens (tertiary/aromatic N) is 3. The Bertz CT molecular complexity index is 839. The smallest absolute Gasteiger partial charge is 0.438 e. The summed E-state index contributed by atoms with van der Waals surface area (Å²) in [5.41, 5.74) is -3.73. The summed E-state index contributed by atoms with van der Waals surface area (Å²) in [5.74, 6) is -1.77. The van der Waals surface area contributed by atoms with E-state index in [0.29, 0.717) is 5.56 Å². The van der Waals surface area contributed by atoms with Gasteiger partial charge >= 0.3 is 6.18 Å². The molecule has 0 bridgehead atoms. The lowest BCUT2D eigenvalue weighted by Gasteiger charge is -2.32. The lowest BCUT2D eigenvalue weighted by Crippen LogP contribution is -2.56. The highest BCUT2D eigenvalue weighted by atomic mass is 19.4. The van der Waals surface area contributed by atoms with Gasteiger partial charge in [-0.15, -0.1) is 0 Å². The van der Waals surface area contributed by atoms with Crippen molar-refractivity contribution in [1.29, 1.82) is 0 Å². The SMILES string of the molecule is O=C(c1ccccc1O)N1N=C(c2ccncc2)C[C@@]1(O)C(F)(F)F. The molecule has 130 valence electrons. The quantitative estimate of drug-likeness (QED) is 0.869. The molecule has 1 aromatic carbocycles. The van der Waals surface area contributed by atoms with E-state index in [1.165, 1.54) is 36.7 Å². The summed E-state index contributed by atoms with van der Waals surface area (Å²) in [7, 11) is 0. The number of amides is 1. The Morgan fingerprint density at radius 1 is 1.16 bits per heavy atom. The van der Waals surface area contributed by atoms with Crippen LogP contribution < -0.4 is 0 Å². The molecule has 0 fully saturated rings. The van der Waals surface area contributed by atoms with Gasteiger partial charge in [0.1, 0.15) is 5.75 Å². The molecule has 1 aromatic heterocycles. The lowest BCUT2D eigenvalue weighted by molar-refractivity contribution is -0.297. The molecule has 1 aliphatic heterocycles. The maximum absolute atomic E-state index is 13.5. The van der Waals surface area contributed by atoms with Gasteiger partial charge in [0, 0.05) is 18.0 Å². The van der Waals surface area contributed by atoms with Gasteiger partial charge in [-0.1, -0.05) is 12.1 Å². The molecular weight excluding hydrogens is 339 g/mol. The number of phenols is 1. The molecule has 1 atom stereocenters. The number of aliphatic hydroxyl groups is 1. The lowest BCUT2D eigenvalue weighted by atomic mass is 10.0. The van der Waals surface area contributed by atoms with E-state index < -0.39 is 35.5 Å². The van der Waals surface area contributed by atoms with E-state index in [1.807, 2.05) is 0 Å². The largest absolute Gasteiger partial charge is 0.507 e. The number of halogens is 3. The van der Waals surface area contributed by atoms with Crippen LogP contribution in [-0.2, 0) is 0 Å². The fourth-order valence-corrected chi connectivity index (χ4v) is 2.45. The molecule has 0 saturated heterocycles. The molecule has 0 aliphatic carbocycles. The molecule has 2 N–H and O–H groups in total. The van der Waals surface area contributed by atoms with Crippen LogP contribution in [0.25, 0.3) is 0 Å². The minimum atomic E-state index is -5.15. The van der Waals surface area contributed by atoms with Gasteiger partial charge < -0.3 is 10.2 Å². The van der Waals surface area contributed by atoms with Gasteiger partial charge in [0.05, 0.1) is 17.7 Å². The van der Waals surface area contributed by atoms with Crippen LogP contribution in [0.3, 0.4) is 0 Å². The monoisotopic (exact) mass is 351 g/mol. The maximum Gasteiger partial charge on any atom is 0.438 e. The zero-order valence-electron chi connectivity index (χ0n) is 12.6. The number of aromatic nitrogens is 1. The van der Waals surface area contributed by atoms with Crippen LogP contribution in [-0.4, -0.2) is 43.7 Å². The van der Waals surface area contributed by atoms with Gasteiger partial charge in [-0.3, -0.25) is 9.78 Å². The summed E-state index contributed by atoms with van der Waals surface area (Å²) in [6.07, 6.45) is -3.36. The number of aromatic hydroxyl groups is 1. The Kier molecular flexibility index (Phi) is 3.96. The molecule has 0 spiro atoms. The minimum absolute atomic E-state index is 0.0299. The molecule has 2 aromatic rings. The molecule has 9 heteroatoms. The molecular formula is C16H12F3N3O3. The van der Waals surface area contributed by atoms with E-state index in [4.69, 9.17) is 0 Å². The molecule has 1 aliphatic rings. The predicted octanol–water partition coefficient (Wildman–Crippen LogP) is 2.29. The van der Waals surface area contributed by atoms with Gasteiger partial charge in [-0.2, -0.15) is 23.3 Å². The van der Waals surface area contributed by atoms with E-state index in [1.54, 1.807) is 0 Å². The van der Waals surface area contributed by atoms with Crippen molar-refractivity contribution in [1.82, 2.24) is 9.99 Å². The number of carbonyl (C=O) groups is 1. The number of hydrazone groups is 1. The standard InChI is InChI=1S/C16H12F3N3O3/c17-16(18,19)15(25)9-12(10-5-7-20-8-6-10)21-22(15)14(24)11-3-1-2-4-13(11)23/h1-8,23,25H,9H2/t15-/m1/s1. The summed E-state index contributed by atoms with van der Waals surface area (Å²) in [6.45, 7) is 0. The molecule has 0 saturated carbocycles. The Morgan fingerprint density at radius 3 is 2.40 bits per heavy atom. The van der Waals surface area contributed by atoms with Crippen LogP contribution in [0, 0.1) is 0 Å². The number of phenolic OH excluding ortho intramolecular Hbond substituents is 1. The number of hydrogen-bond donors (Lipinski definition) is 2. The van der Waals surface area contributed by atoms with Crippen LogP contribution in [0.5, 0.6) is 5.75 Å². The average molecular weight is 351 g/mol. The van der Waals surface area contributed by atoms with Crippen LogP contribution in [0.4, 0.5) is 13.2 Å². The van der Waals surface area contributed by atoms with Crippen LogP contribution in [0.15, 0.2) is 53.9 Å². The highest BCUT2D eigenvalue weighted by molar-refractivity contribution is 6.05. The van der Waals surface area contributed by atoms with Crippen molar-refractivity contribution in [2.75, 3.05) is 0 Å². The van der Waals surface area contributed by atoms with E-state index in [9.17, 15) is 28.2 Å². The molecule has 0 radical (unpaired) electrons. The van der Waals surface area contributed by atoms with E-state index in [-0.39, 0.29) is 10.7 Å². The highest BCUT2D eigenvalue weighted by Gasteiger charge is 2.63. The average Bonchev–Trinajstić information content (AvgIpc) is 2.94. The fraction of sp³-hybridized carbons (Fsp3) is 0.188. The second kappa shape index (κ2) is 5.85. The number of alkyl halides is 3. The topological polar surface area (TPSA) is 86.0 Å². The van der Waals surface area contributed by atoms with Crippen molar-refractivity contribution >= 4 is 11.6 Å². The normalized spacial score (nSPS) is 20.5. The number of para-hydroxylation sites is 1. The Labute approximate surface area is 139 Å². The second-order valence-electron chi connectivity index (χ2n) is 5.41. The molecule has 1 amide bonds. The zero-order chi connectivity index (χ0) is 18.2.